The molecule has 0 saturated carbocycles. The first kappa shape index (κ1) is 22.3. The summed E-state index contributed by atoms with van der Waals surface area (Å²) in [6.07, 6.45) is 5.33. The molecule has 8 nitrogen and oxygen atoms in total. The molecule has 0 atom stereocenters. The maximum absolute atomic E-state index is 13.2. The maximum atomic E-state index is 13.2. The highest BCUT2D eigenvalue weighted by Crippen LogP contribution is 2.25. The minimum absolute atomic E-state index is 0.103. The number of hydrogen-bond donors (Lipinski definition) is 1. The molecule has 1 amide bonds. The molecular weight excluding hydrogens is 430 g/mol. The number of morpholine rings is 1. The van der Waals surface area contributed by atoms with Crippen LogP contribution in [0.4, 0.5) is 0 Å². The summed E-state index contributed by atoms with van der Waals surface area (Å²) in [6, 6.07) is 15.5. The topological polar surface area (TPSA) is 85.4 Å². The van der Waals surface area contributed by atoms with E-state index in [0.29, 0.717) is 24.3 Å². The van der Waals surface area contributed by atoms with Crippen molar-refractivity contribution >= 4 is 16.9 Å². The third-order valence-corrected chi connectivity index (χ3v) is 6.10. The van der Waals surface area contributed by atoms with E-state index in [1.54, 1.807) is 17.1 Å². The molecule has 0 aliphatic carbocycles. The highest BCUT2D eigenvalue weighted by atomic mass is 16.5. The predicted octanol–water partition coefficient (Wildman–Crippen LogP) is 3.58. The van der Waals surface area contributed by atoms with E-state index in [9.17, 15) is 4.79 Å². The van der Waals surface area contributed by atoms with Gasteiger partial charge in [-0.25, -0.2) is 9.67 Å². The number of unbranched alkanes of at least 4 members (excludes halogenated alkanes) is 1. The smallest absolute Gasteiger partial charge is 0.252 e. The number of nitrogens with one attached hydrogen (secondary N) is 1. The summed E-state index contributed by atoms with van der Waals surface area (Å²) in [5.41, 5.74) is 2.94. The maximum Gasteiger partial charge on any atom is 0.252 e. The van der Waals surface area contributed by atoms with Crippen molar-refractivity contribution in [1.82, 2.24) is 25.0 Å². The second kappa shape index (κ2) is 10.6. The summed E-state index contributed by atoms with van der Waals surface area (Å²) in [5.74, 6) is 0.677. The fourth-order valence-corrected chi connectivity index (χ4v) is 4.24. The Morgan fingerprint density at radius 3 is 2.71 bits per heavy atom. The number of carbonyl (C=O) groups is 1. The van der Waals surface area contributed by atoms with Gasteiger partial charge in [-0.2, -0.15) is 5.10 Å². The highest BCUT2D eigenvalue weighted by Gasteiger charge is 2.18. The number of rotatable bonds is 9. The molecule has 3 aromatic heterocycles. The molecule has 5 rings (SSSR count). The Bertz CT molecular complexity index is 1210. The Morgan fingerprint density at radius 1 is 1.06 bits per heavy atom. The van der Waals surface area contributed by atoms with E-state index >= 15 is 0 Å². The summed E-state index contributed by atoms with van der Waals surface area (Å²) < 4.78 is 12.7. The summed E-state index contributed by atoms with van der Waals surface area (Å²) >= 11 is 0. The lowest BCUT2D eigenvalue weighted by Gasteiger charge is -2.26. The van der Waals surface area contributed by atoms with Crippen LogP contribution in [0.1, 0.15) is 29.0 Å². The van der Waals surface area contributed by atoms with Crippen LogP contribution in [0.25, 0.3) is 22.3 Å². The average Bonchev–Trinajstić information content (AvgIpc) is 3.55. The van der Waals surface area contributed by atoms with Gasteiger partial charge in [0.25, 0.3) is 5.91 Å². The lowest BCUT2D eigenvalue weighted by atomic mass is 10.1. The van der Waals surface area contributed by atoms with Crippen molar-refractivity contribution in [3.8, 4) is 11.3 Å². The van der Waals surface area contributed by atoms with Crippen molar-refractivity contribution in [2.24, 2.45) is 0 Å². The van der Waals surface area contributed by atoms with Crippen LogP contribution in [-0.2, 0) is 11.3 Å². The molecule has 0 spiro atoms. The van der Waals surface area contributed by atoms with Gasteiger partial charge in [0, 0.05) is 25.2 Å². The van der Waals surface area contributed by atoms with Crippen molar-refractivity contribution in [2.75, 3.05) is 39.4 Å². The standard InChI is InChI=1S/C26H29N5O3/c32-26(27-10-4-5-11-30-12-15-33-16-13-30)22-17-24(20-7-2-1-3-8-20)29-25-23(22)18-28-31(25)19-21-9-6-14-34-21/h1-3,6-9,14,17-18H,4-5,10-13,15-16,19H2,(H,27,32). The average molecular weight is 460 g/mol. The zero-order valence-corrected chi connectivity index (χ0v) is 19.2. The van der Waals surface area contributed by atoms with Crippen LogP contribution in [0.2, 0.25) is 0 Å². The third-order valence-electron chi connectivity index (χ3n) is 6.10. The van der Waals surface area contributed by atoms with E-state index in [-0.39, 0.29) is 5.91 Å². The van der Waals surface area contributed by atoms with Gasteiger partial charge >= 0.3 is 0 Å². The molecule has 1 fully saturated rings. The molecule has 0 unspecified atom stereocenters. The molecule has 8 heteroatoms. The zero-order chi connectivity index (χ0) is 23.2. The van der Waals surface area contributed by atoms with E-state index in [1.807, 2.05) is 48.5 Å². The number of furan rings is 1. The lowest BCUT2D eigenvalue weighted by molar-refractivity contribution is 0.0372. The first-order valence-corrected chi connectivity index (χ1v) is 11.8. The third kappa shape index (κ3) is 5.18. The summed E-state index contributed by atoms with van der Waals surface area (Å²) in [6.45, 7) is 5.73. The quantitative estimate of drug-likeness (QED) is 0.385. The monoisotopic (exact) mass is 459 g/mol. The van der Waals surface area contributed by atoms with Crippen LogP contribution >= 0.6 is 0 Å². The van der Waals surface area contributed by atoms with Gasteiger partial charge in [-0.1, -0.05) is 30.3 Å². The first-order chi connectivity index (χ1) is 16.8. The summed E-state index contributed by atoms with van der Waals surface area (Å²) in [7, 11) is 0. The Labute approximate surface area is 198 Å². The van der Waals surface area contributed by atoms with E-state index in [1.165, 1.54) is 0 Å². The molecule has 4 heterocycles. The Kier molecular flexibility index (Phi) is 6.97. The summed E-state index contributed by atoms with van der Waals surface area (Å²) in [5, 5.41) is 8.34. The number of nitrogens with zero attached hydrogens (tertiary/aromatic N) is 4. The molecular formula is C26H29N5O3. The van der Waals surface area contributed by atoms with Gasteiger partial charge < -0.3 is 14.5 Å². The van der Waals surface area contributed by atoms with Gasteiger partial charge in [-0.05, 0) is 37.6 Å². The number of benzene rings is 1. The van der Waals surface area contributed by atoms with E-state index in [4.69, 9.17) is 14.1 Å². The van der Waals surface area contributed by atoms with Crippen LogP contribution in [0, 0.1) is 0 Å². The Hall–Kier alpha value is -3.49. The molecule has 4 aromatic rings. The number of carbonyl (C=O) groups excluding carboxylic acids is 1. The van der Waals surface area contributed by atoms with Crippen molar-refractivity contribution < 1.29 is 13.9 Å². The predicted molar refractivity (Wildman–Crippen MR) is 130 cm³/mol. The minimum atomic E-state index is -0.103. The van der Waals surface area contributed by atoms with Gasteiger partial charge in [0.15, 0.2) is 5.65 Å². The second-order valence-electron chi connectivity index (χ2n) is 8.46. The molecule has 1 aliphatic rings. The number of ether oxygens (including phenoxy) is 1. The molecule has 0 bridgehead atoms. The molecule has 34 heavy (non-hydrogen) atoms. The normalized spacial score (nSPS) is 14.5. The van der Waals surface area contributed by atoms with Crippen LogP contribution in [0.5, 0.6) is 0 Å². The van der Waals surface area contributed by atoms with Crippen LogP contribution in [0.15, 0.2) is 65.4 Å². The van der Waals surface area contributed by atoms with E-state index in [2.05, 4.69) is 15.3 Å². The number of amides is 1. The number of hydrogen-bond acceptors (Lipinski definition) is 6. The fraction of sp³-hybridized carbons (Fsp3) is 0.346. The second-order valence-corrected chi connectivity index (χ2v) is 8.46. The van der Waals surface area contributed by atoms with Gasteiger partial charge in [0.05, 0.1) is 42.3 Å². The van der Waals surface area contributed by atoms with Crippen LogP contribution in [0.3, 0.4) is 0 Å². The Morgan fingerprint density at radius 2 is 1.91 bits per heavy atom. The molecule has 1 aliphatic heterocycles. The molecule has 1 aromatic carbocycles. The van der Waals surface area contributed by atoms with Crippen LogP contribution < -0.4 is 5.32 Å². The largest absolute Gasteiger partial charge is 0.467 e. The lowest BCUT2D eigenvalue weighted by Crippen LogP contribution is -2.37. The number of pyridine rings is 1. The molecule has 1 saturated heterocycles. The van der Waals surface area contributed by atoms with Crippen LogP contribution in [-0.4, -0.2) is 65.0 Å². The van der Waals surface area contributed by atoms with Gasteiger partial charge in [-0.3, -0.25) is 9.69 Å². The van der Waals surface area contributed by atoms with Gasteiger partial charge in [0.2, 0.25) is 0 Å². The summed E-state index contributed by atoms with van der Waals surface area (Å²) in [4.78, 5) is 20.5. The van der Waals surface area contributed by atoms with Crippen molar-refractivity contribution in [1.29, 1.82) is 0 Å². The Balaban J connectivity index is 1.33. The molecule has 176 valence electrons. The van der Waals surface area contributed by atoms with Gasteiger partial charge in [-0.15, -0.1) is 0 Å². The SMILES string of the molecule is O=C(NCCCCN1CCOCC1)c1cc(-c2ccccc2)nc2c1cnn2Cc1ccco1. The van der Waals surface area contributed by atoms with Crippen molar-refractivity contribution in [2.45, 2.75) is 19.4 Å². The number of fused-ring (bicyclic) bond motifs is 1. The minimum Gasteiger partial charge on any atom is -0.467 e. The fourth-order valence-electron chi connectivity index (χ4n) is 4.24. The highest BCUT2D eigenvalue weighted by molar-refractivity contribution is 6.06. The zero-order valence-electron chi connectivity index (χ0n) is 19.2. The van der Waals surface area contributed by atoms with E-state index in [0.717, 1.165) is 68.1 Å². The van der Waals surface area contributed by atoms with E-state index < -0.39 is 0 Å². The number of aromatic nitrogens is 3. The molecule has 0 radical (unpaired) electrons. The van der Waals surface area contributed by atoms with Crippen molar-refractivity contribution in [3.63, 3.8) is 0 Å². The van der Waals surface area contributed by atoms with Crippen molar-refractivity contribution in [3.05, 3.63) is 72.3 Å². The molecule has 1 N–H and O–H groups in total. The first-order valence-electron chi connectivity index (χ1n) is 11.8. The van der Waals surface area contributed by atoms with Gasteiger partial charge in [0.1, 0.15) is 12.3 Å².